The molecule has 0 bridgehead atoms. The van der Waals surface area contributed by atoms with Gasteiger partial charge in [0.15, 0.2) is 0 Å². The van der Waals surface area contributed by atoms with E-state index in [0.29, 0.717) is 12.8 Å². The molecule has 2 atom stereocenters. The van der Waals surface area contributed by atoms with E-state index in [1.54, 1.807) is 0 Å². The molecule has 6 heteroatoms. The van der Waals surface area contributed by atoms with Crippen molar-refractivity contribution in [2.45, 2.75) is 141 Å². The van der Waals surface area contributed by atoms with Gasteiger partial charge in [-0.25, -0.2) is 8.42 Å². The van der Waals surface area contributed by atoms with E-state index in [4.69, 9.17) is 0 Å². The van der Waals surface area contributed by atoms with Crippen LogP contribution in [0.25, 0.3) is 0 Å². The summed E-state index contributed by atoms with van der Waals surface area (Å²) in [6.07, 6.45) is 18.3. The van der Waals surface area contributed by atoms with Gasteiger partial charge in [-0.15, -0.1) is 0 Å². The van der Waals surface area contributed by atoms with Crippen molar-refractivity contribution in [1.29, 1.82) is 0 Å². The maximum Gasteiger partial charge on any atom is 1.00 e. The molecule has 164 valence electrons. The quantitative estimate of drug-likeness (QED) is 0.183. The second-order valence-corrected chi connectivity index (χ2v) is 9.82. The van der Waals surface area contributed by atoms with Gasteiger partial charge in [0.2, 0.25) is 0 Å². The predicted octanol–water partition coefficient (Wildman–Crippen LogP) is 3.33. The van der Waals surface area contributed by atoms with Crippen LogP contribution >= 0.6 is 0 Å². The summed E-state index contributed by atoms with van der Waals surface area (Å²) in [5, 5.41) is 9.13. The second kappa shape index (κ2) is 21.1. The molecule has 0 aliphatic rings. The van der Waals surface area contributed by atoms with Crippen LogP contribution in [0.15, 0.2) is 0 Å². The number of aliphatic hydroxyl groups is 1. The fourth-order valence-corrected chi connectivity index (χ4v) is 4.54. The smallest absolute Gasteiger partial charge is 0.748 e. The van der Waals surface area contributed by atoms with Crippen molar-refractivity contribution in [2.75, 3.05) is 0 Å². The Morgan fingerprint density at radius 2 is 1.00 bits per heavy atom. The molecule has 0 aliphatic carbocycles. The van der Waals surface area contributed by atoms with Gasteiger partial charge in [0.25, 0.3) is 0 Å². The topological polar surface area (TPSA) is 77.4 Å². The van der Waals surface area contributed by atoms with Crippen LogP contribution in [0, 0.1) is 0 Å². The van der Waals surface area contributed by atoms with Crippen LogP contribution in [0.4, 0.5) is 0 Å². The third-order valence-corrected chi connectivity index (χ3v) is 6.78. The number of unbranched alkanes of at least 4 members (excludes halogenated alkanes) is 11. The van der Waals surface area contributed by atoms with Gasteiger partial charge in [0.05, 0.1) is 16.2 Å². The molecule has 0 saturated carbocycles. The van der Waals surface area contributed by atoms with Gasteiger partial charge in [-0.2, -0.15) is 0 Å². The number of hydrogen-bond donors (Lipinski definition) is 1. The Morgan fingerprint density at radius 3 is 1.43 bits per heavy atom. The molecule has 0 amide bonds. The molecule has 0 spiro atoms. The summed E-state index contributed by atoms with van der Waals surface area (Å²) < 4.78 is 34.0. The van der Waals surface area contributed by atoms with E-state index in [2.05, 4.69) is 13.8 Å². The van der Waals surface area contributed by atoms with Crippen molar-refractivity contribution in [1.82, 2.24) is 0 Å². The van der Waals surface area contributed by atoms with Crippen LogP contribution < -0.4 is 29.6 Å². The van der Waals surface area contributed by atoms with Crippen LogP contribution in [0.5, 0.6) is 0 Å². The molecule has 0 aromatic heterocycles. The molecule has 0 radical (unpaired) electrons. The first-order valence-corrected chi connectivity index (χ1v) is 13.0. The van der Waals surface area contributed by atoms with Crippen LogP contribution in [0.1, 0.15) is 129 Å². The first-order chi connectivity index (χ1) is 12.9. The normalized spacial score (nSPS) is 13.9. The Morgan fingerprint density at radius 1 is 0.643 bits per heavy atom. The number of hydrogen-bond acceptors (Lipinski definition) is 4. The Hall–Kier alpha value is 0.870. The van der Waals surface area contributed by atoms with Crippen LogP contribution in [0.2, 0.25) is 0 Å². The third kappa shape index (κ3) is 20.2. The zero-order valence-corrected chi connectivity index (χ0v) is 21.8. The molecule has 1 N–H and O–H groups in total. The summed E-state index contributed by atoms with van der Waals surface area (Å²) in [7, 11) is -4.14. The molecule has 0 fully saturated rings. The molecule has 0 aromatic rings. The van der Waals surface area contributed by atoms with Gasteiger partial charge in [0, 0.05) is 5.25 Å². The standard InChI is InChI=1S/C22H46O4S.Na/c1-3-5-14-19-22(27(24,25)26)20-16-13-11-9-7-8-10-12-15-18-21(23)17-6-4-2;/h21-23H,3-20H2,1-2H3,(H,24,25,26);/q;+1/p-1. The Bertz CT molecular complexity index is 415. The molecule has 4 nitrogen and oxygen atoms in total. The average molecular weight is 429 g/mol. The van der Waals surface area contributed by atoms with E-state index in [1.165, 1.54) is 32.1 Å². The molecular formula is C22H45NaO4S. The molecule has 0 heterocycles. The van der Waals surface area contributed by atoms with Crippen molar-refractivity contribution >= 4 is 10.1 Å². The molecule has 0 aliphatic heterocycles. The molecule has 0 saturated heterocycles. The summed E-state index contributed by atoms with van der Waals surface area (Å²) in [6, 6.07) is 0. The van der Waals surface area contributed by atoms with E-state index >= 15 is 0 Å². The van der Waals surface area contributed by atoms with Gasteiger partial charge in [0.1, 0.15) is 0 Å². The van der Waals surface area contributed by atoms with Crippen molar-refractivity contribution in [3.8, 4) is 0 Å². The fourth-order valence-electron chi connectivity index (χ4n) is 3.63. The SMILES string of the molecule is CCCCCC(CCCCCCCCCCCC(O)CCCC)S(=O)(=O)[O-].[Na+]. The summed E-state index contributed by atoms with van der Waals surface area (Å²) in [5.41, 5.74) is 0. The Balaban J connectivity index is 0. The zero-order chi connectivity index (χ0) is 20.4. The maximum atomic E-state index is 11.3. The van der Waals surface area contributed by atoms with Crippen molar-refractivity contribution in [3.63, 3.8) is 0 Å². The third-order valence-electron chi connectivity index (χ3n) is 5.49. The van der Waals surface area contributed by atoms with E-state index in [9.17, 15) is 18.1 Å². The molecule has 2 unspecified atom stereocenters. The van der Waals surface area contributed by atoms with Gasteiger partial charge < -0.3 is 9.66 Å². The first-order valence-electron chi connectivity index (χ1n) is 11.5. The van der Waals surface area contributed by atoms with Crippen LogP contribution in [0.3, 0.4) is 0 Å². The maximum absolute atomic E-state index is 11.3. The Labute approximate surface area is 197 Å². The van der Waals surface area contributed by atoms with E-state index in [1.807, 2.05) is 0 Å². The average Bonchev–Trinajstić information content (AvgIpc) is 2.62. The minimum Gasteiger partial charge on any atom is -0.748 e. The largest absolute Gasteiger partial charge is 1.00 e. The van der Waals surface area contributed by atoms with Gasteiger partial charge in [-0.3, -0.25) is 0 Å². The summed E-state index contributed by atoms with van der Waals surface area (Å²) in [4.78, 5) is 0. The second-order valence-electron chi connectivity index (χ2n) is 8.17. The van der Waals surface area contributed by atoms with Gasteiger partial charge in [-0.05, 0) is 25.7 Å². The molecular weight excluding hydrogens is 383 g/mol. The summed E-state index contributed by atoms with van der Waals surface area (Å²) in [5.74, 6) is 0. The van der Waals surface area contributed by atoms with Gasteiger partial charge >= 0.3 is 29.6 Å². The van der Waals surface area contributed by atoms with E-state index < -0.39 is 15.4 Å². The van der Waals surface area contributed by atoms with Crippen molar-refractivity contribution in [2.24, 2.45) is 0 Å². The minimum atomic E-state index is -4.14. The van der Waals surface area contributed by atoms with Crippen molar-refractivity contribution < 1.29 is 47.6 Å². The number of aliphatic hydroxyl groups excluding tert-OH is 1. The monoisotopic (exact) mass is 428 g/mol. The van der Waals surface area contributed by atoms with Crippen molar-refractivity contribution in [3.05, 3.63) is 0 Å². The van der Waals surface area contributed by atoms with E-state index in [0.717, 1.165) is 70.6 Å². The molecule has 0 aromatic carbocycles. The summed E-state index contributed by atoms with van der Waals surface area (Å²) in [6.45, 7) is 4.24. The fraction of sp³-hybridized carbons (Fsp3) is 1.00. The molecule has 28 heavy (non-hydrogen) atoms. The van der Waals surface area contributed by atoms with Gasteiger partial charge in [-0.1, -0.05) is 104 Å². The van der Waals surface area contributed by atoms with Crippen LogP contribution in [-0.2, 0) is 10.1 Å². The number of rotatable bonds is 20. The minimum absolute atomic E-state index is 0. The van der Waals surface area contributed by atoms with Crippen LogP contribution in [-0.4, -0.2) is 29.4 Å². The Kier molecular flexibility index (Phi) is 23.4. The van der Waals surface area contributed by atoms with E-state index in [-0.39, 0.29) is 35.7 Å². The molecule has 0 rings (SSSR count). The first kappa shape index (κ1) is 31.1. The summed E-state index contributed by atoms with van der Waals surface area (Å²) >= 11 is 0. The zero-order valence-electron chi connectivity index (χ0n) is 19.0. The predicted molar refractivity (Wildman–Crippen MR) is 114 cm³/mol.